The summed E-state index contributed by atoms with van der Waals surface area (Å²) in [6.07, 6.45) is 1.20. The van der Waals surface area contributed by atoms with E-state index in [0.717, 1.165) is 5.82 Å². The van der Waals surface area contributed by atoms with Crippen LogP contribution in [0.3, 0.4) is 0 Å². The third-order valence-electron chi connectivity index (χ3n) is 1.80. The van der Waals surface area contributed by atoms with Crippen LogP contribution in [0, 0.1) is 0 Å². The summed E-state index contributed by atoms with van der Waals surface area (Å²) < 4.78 is 0. The van der Waals surface area contributed by atoms with Crippen molar-refractivity contribution in [2.45, 2.75) is 19.1 Å². The van der Waals surface area contributed by atoms with Crippen molar-refractivity contribution in [2.75, 3.05) is 11.9 Å². The summed E-state index contributed by atoms with van der Waals surface area (Å²) in [6, 6.07) is 5.33. The number of rotatable bonds is 4. The quantitative estimate of drug-likeness (QED) is 0.620. The van der Waals surface area contributed by atoms with Gasteiger partial charge < -0.3 is 16.2 Å². The Hall–Kier alpha value is -1.13. The highest BCUT2D eigenvalue weighted by Gasteiger charge is 2.08. The fourth-order valence-corrected chi connectivity index (χ4v) is 0.860. The molecule has 0 aliphatic rings. The second-order valence-corrected chi connectivity index (χ2v) is 3.00. The van der Waals surface area contributed by atoms with E-state index < -0.39 is 6.10 Å². The van der Waals surface area contributed by atoms with Gasteiger partial charge in [-0.3, -0.25) is 0 Å². The molecule has 1 aromatic heterocycles. The van der Waals surface area contributed by atoms with Crippen molar-refractivity contribution in [3.63, 3.8) is 0 Å². The second kappa shape index (κ2) is 4.79. The van der Waals surface area contributed by atoms with Gasteiger partial charge in [0.25, 0.3) is 0 Å². The van der Waals surface area contributed by atoms with Crippen LogP contribution in [0.2, 0.25) is 0 Å². The molecule has 1 rings (SSSR count). The van der Waals surface area contributed by atoms with E-state index in [9.17, 15) is 0 Å². The minimum atomic E-state index is -0.504. The number of aliphatic hydroxyl groups excluding tert-OH is 1. The molecule has 0 fully saturated rings. The van der Waals surface area contributed by atoms with E-state index in [-0.39, 0.29) is 6.04 Å². The number of hydrogen-bond donors (Lipinski definition) is 3. The number of anilines is 1. The van der Waals surface area contributed by atoms with E-state index in [4.69, 9.17) is 10.8 Å². The predicted octanol–water partition coefficient (Wildman–Crippen LogP) is 0.202. The molecule has 0 radical (unpaired) electrons. The average Bonchev–Trinajstić information content (AvgIpc) is 2.15. The van der Waals surface area contributed by atoms with E-state index in [1.165, 1.54) is 0 Å². The summed E-state index contributed by atoms with van der Waals surface area (Å²) in [5.74, 6) is 0.776. The van der Waals surface area contributed by atoms with Gasteiger partial charge in [-0.1, -0.05) is 6.07 Å². The van der Waals surface area contributed by atoms with Gasteiger partial charge in [0.1, 0.15) is 5.82 Å². The van der Waals surface area contributed by atoms with Crippen molar-refractivity contribution in [1.29, 1.82) is 0 Å². The Morgan fingerprint density at radius 3 is 2.92 bits per heavy atom. The van der Waals surface area contributed by atoms with Crippen molar-refractivity contribution >= 4 is 5.82 Å². The minimum absolute atomic E-state index is 0.262. The number of aliphatic hydroxyl groups is 1. The smallest absolute Gasteiger partial charge is 0.125 e. The summed E-state index contributed by atoms with van der Waals surface area (Å²) in [7, 11) is 0. The Morgan fingerprint density at radius 2 is 2.38 bits per heavy atom. The molecular formula is C9H15N3O. The lowest BCUT2D eigenvalue weighted by Crippen LogP contribution is -2.38. The van der Waals surface area contributed by atoms with Gasteiger partial charge in [-0.15, -0.1) is 0 Å². The minimum Gasteiger partial charge on any atom is -0.392 e. The Kier molecular flexibility index (Phi) is 3.67. The molecule has 13 heavy (non-hydrogen) atoms. The van der Waals surface area contributed by atoms with E-state index in [1.807, 2.05) is 18.2 Å². The molecule has 4 N–H and O–H groups in total. The standard InChI is InChI=1S/C9H15N3O/c1-7(13)8(10)6-12-9-4-2-3-5-11-9/h2-5,7-8,13H,6,10H2,1H3,(H,11,12). The van der Waals surface area contributed by atoms with Crippen LogP contribution in [-0.2, 0) is 0 Å². The van der Waals surface area contributed by atoms with Crippen LogP contribution >= 0.6 is 0 Å². The fourth-order valence-electron chi connectivity index (χ4n) is 0.860. The zero-order valence-corrected chi connectivity index (χ0v) is 7.64. The number of nitrogens with one attached hydrogen (secondary N) is 1. The first-order valence-electron chi connectivity index (χ1n) is 4.28. The highest BCUT2D eigenvalue weighted by molar-refractivity contribution is 5.33. The SMILES string of the molecule is CC(O)C(N)CNc1ccccn1. The van der Waals surface area contributed by atoms with Crippen LogP contribution < -0.4 is 11.1 Å². The van der Waals surface area contributed by atoms with Crippen LogP contribution in [-0.4, -0.2) is 28.8 Å². The number of nitrogens with two attached hydrogens (primary N) is 1. The molecule has 0 saturated heterocycles. The van der Waals surface area contributed by atoms with Gasteiger partial charge in [0, 0.05) is 18.8 Å². The van der Waals surface area contributed by atoms with Gasteiger partial charge in [0.15, 0.2) is 0 Å². The molecule has 0 aliphatic carbocycles. The molecule has 0 saturated carbocycles. The van der Waals surface area contributed by atoms with Crippen LogP contribution in [0.5, 0.6) is 0 Å². The Morgan fingerprint density at radius 1 is 1.62 bits per heavy atom. The molecule has 1 heterocycles. The average molecular weight is 181 g/mol. The summed E-state index contributed by atoms with van der Waals surface area (Å²) in [4.78, 5) is 4.06. The van der Waals surface area contributed by atoms with E-state index >= 15 is 0 Å². The Labute approximate surface area is 77.8 Å². The molecule has 0 aromatic carbocycles. The van der Waals surface area contributed by atoms with Crippen LogP contribution in [0.15, 0.2) is 24.4 Å². The van der Waals surface area contributed by atoms with Gasteiger partial charge in [-0.25, -0.2) is 4.98 Å². The first-order valence-corrected chi connectivity index (χ1v) is 4.28. The molecule has 0 amide bonds. The zero-order valence-electron chi connectivity index (χ0n) is 7.64. The van der Waals surface area contributed by atoms with Crippen LogP contribution in [0.4, 0.5) is 5.82 Å². The zero-order chi connectivity index (χ0) is 9.68. The molecule has 2 unspecified atom stereocenters. The van der Waals surface area contributed by atoms with E-state index in [0.29, 0.717) is 6.54 Å². The maximum atomic E-state index is 9.11. The van der Waals surface area contributed by atoms with E-state index in [1.54, 1.807) is 13.1 Å². The third kappa shape index (κ3) is 3.40. The molecule has 0 spiro atoms. The van der Waals surface area contributed by atoms with Gasteiger partial charge in [-0.2, -0.15) is 0 Å². The van der Waals surface area contributed by atoms with Crippen molar-refractivity contribution in [3.05, 3.63) is 24.4 Å². The molecule has 2 atom stereocenters. The lowest BCUT2D eigenvalue weighted by Gasteiger charge is -2.15. The lowest BCUT2D eigenvalue weighted by atomic mass is 10.2. The molecule has 0 bridgehead atoms. The van der Waals surface area contributed by atoms with Crippen molar-refractivity contribution in [1.82, 2.24) is 4.98 Å². The fraction of sp³-hybridized carbons (Fsp3) is 0.444. The van der Waals surface area contributed by atoms with Crippen molar-refractivity contribution < 1.29 is 5.11 Å². The molecule has 72 valence electrons. The van der Waals surface area contributed by atoms with Gasteiger partial charge in [0.2, 0.25) is 0 Å². The van der Waals surface area contributed by atoms with Crippen molar-refractivity contribution in [3.8, 4) is 0 Å². The second-order valence-electron chi connectivity index (χ2n) is 3.00. The van der Waals surface area contributed by atoms with Gasteiger partial charge in [-0.05, 0) is 19.1 Å². The van der Waals surface area contributed by atoms with Gasteiger partial charge >= 0.3 is 0 Å². The highest BCUT2D eigenvalue weighted by atomic mass is 16.3. The highest BCUT2D eigenvalue weighted by Crippen LogP contribution is 1.99. The normalized spacial score (nSPS) is 15.0. The van der Waals surface area contributed by atoms with Crippen LogP contribution in [0.1, 0.15) is 6.92 Å². The van der Waals surface area contributed by atoms with E-state index in [2.05, 4.69) is 10.3 Å². The number of aromatic nitrogens is 1. The van der Waals surface area contributed by atoms with Gasteiger partial charge in [0.05, 0.1) is 6.10 Å². The maximum absolute atomic E-state index is 9.11. The lowest BCUT2D eigenvalue weighted by molar-refractivity contribution is 0.168. The number of pyridine rings is 1. The summed E-state index contributed by atoms with van der Waals surface area (Å²) >= 11 is 0. The first kappa shape index (κ1) is 9.95. The topological polar surface area (TPSA) is 71.2 Å². The summed E-state index contributed by atoms with van der Waals surface area (Å²) in [5, 5.41) is 12.1. The summed E-state index contributed by atoms with van der Waals surface area (Å²) in [5.41, 5.74) is 5.62. The monoisotopic (exact) mass is 181 g/mol. The molecule has 4 nitrogen and oxygen atoms in total. The summed E-state index contributed by atoms with van der Waals surface area (Å²) in [6.45, 7) is 2.19. The number of hydrogen-bond acceptors (Lipinski definition) is 4. The Bertz CT molecular complexity index is 238. The predicted molar refractivity (Wildman–Crippen MR) is 52.4 cm³/mol. The van der Waals surface area contributed by atoms with Crippen LogP contribution in [0.25, 0.3) is 0 Å². The largest absolute Gasteiger partial charge is 0.392 e. The Balaban J connectivity index is 2.35. The third-order valence-corrected chi connectivity index (χ3v) is 1.80. The maximum Gasteiger partial charge on any atom is 0.125 e. The molecular weight excluding hydrogens is 166 g/mol. The molecule has 1 aromatic rings. The number of nitrogens with zero attached hydrogens (tertiary/aromatic N) is 1. The molecule has 0 aliphatic heterocycles. The first-order chi connectivity index (χ1) is 6.20. The molecule has 4 heteroatoms. The van der Waals surface area contributed by atoms with Crippen molar-refractivity contribution in [2.24, 2.45) is 5.73 Å².